The zero-order chi connectivity index (χ0) is 10.2. The first-order valence-corrected chi connectivity index (χ1v) is 6.04. The van der Waals surface area contributed by atoms with Crippen molar-refractivity contribution in [1.82, 2.24) is 0 Å². The van der Waals surface area contributed by atoms with Gasteiger partial charge in [-0.25, -0.2) is 0 Å². The van der Waals surface area contributed by atoms with Gasteiger partial charge in [0.25, 0.3) is 0 Å². The molecule has 2 nitrogen and oxygen atoms in total. The molecule has 0 fully saturated rings. The maximum absolute atomic E-state index is 5.64. The molecule has 0 aromatic heterocycles. The van der Waals surface area contributed by atoms with Crippen LogP contribution >= 0.6 is 11.8 Å². The van der Waals surface area contributed by atoms with E-state index in [9.17, 15) is 0 Å². The minimum atomic E-state index is 0.314. The lowest BCUT2D eigenvalue weighted by Crippen LogP contribution is -2.24. The molecule has 0 aromatic rings. The summed E-state index contributed by atoms with van der Waals surface area (Å²) in [7, 11) is 1.75. The summed E-state index contributed by atoms with van der Waals surface area (Å²) in [6.07, 6.45) is 2.37. The van der Waals surface area contributed by atoms with E-state index >= 15 is 0 Å². The van der Waals surface area contributed by atoms with Crippen molar-refractivity contribution in [3.8, 4) is 0 Å². The van der Waals surface area contributed by atoms with Crippen molar-refractivity contribution < 1.29 is 4.74 Å². The molecule has 0 atom stereocenters. The molecule has 80 valence electrons. The highest BCUT2D eigenvalue weighted by atomic mass is 32.2. The Bertz CT molecular complexity index is 117. The zero-order valence-electron chi connectivity index (χ0n) is 9.14. The molecule has 0 spiro atoms. The van der Waals surface area contributed by atoms with Crippen LogP contribution in [0.5, 0.6) is 0 Å². The summed E-state index contributed by atoms with van der Waals surface area (Å²) in [4.78, 5) is 0. The van der Waals surface area contributed by atoms with Crippen LogP contribution in [0.4, 0.5) is 0 Å². The predicted molar refractivity (Wildman–Crippen MR) is 61.3 cm³/mol. The molecule has 0 saturated carbocycles. The number of hydrogen-bond donors (Lipinski definition) is 1. The number of hydrogen-bond acceptors (Lipinski definition) is 3. The minimum Gasteiger partial charge on any atom is -0.385 e. The second-order valence-corrected chi connectivity index (χ2v) is 5.30. The molecule has 13 heavy (non-hydrogen) atoms. The van der Waals surface area contributed by atoms with Crippen LogP contribution in [-0.2, 0) is 4.74 Å². The van der Waals surface area contributed by atoms with Gasteiger partial charge in [-0.05, 0) is 36.3 Å². The molecule has 0 unspecified atom stereocenters. The number of thioether (sulfide) groups is 1. The van der Waals surface area contributed by atoms with Gasteiger partial charge in [0.05, 0.1) is 0 Å². The smallest absolute Gasteiger partial charge is 0.0470 e. The maximum Gasteiger partial charge on any atom is 0.0470 e. The van der Waals surface area contributed by atoms with E-state index in [1.165, 1.54) is 17.9 Å². The van der Waals surface area contributed by atoms with E-state index in [0.717, 1.165) is 19.6 Å². The third kappa shape index (κ3) is 8.60. The monoisotopic (exact) mass is 205 g/mol. The van der Waals surface area contributed by atoms with Gasteiger partial charge >= 0.3 is 0 Å². The Morgan fingerprint density at radius 1 is 1.31 bits per heavy atom. The molecule has 3 heteroatoms. The second kappa shape index (κ2) is 7.65. The second-order valence-electron chi connectivity index (χ2n) is 4.08. The Morgan fingerprint density at radius 2 is 2.00 bits per heavy atom. The van der Waals surface area contributed by atoms with Gasteiger partial charge < -0.3 is 10.5 Å². The molecular formula is C10H23NOS. The highest BCUT2D eigenvalue weighted by Crippen LogP contribution is 2.21. The third-order valence-corrected chi connectivity index (χ3v) is 3.18. The summed E-state index contributed by atoms with van der Waals surface area (Å²) in [5.41, 5.74) is 5.95. The topological polar surface area (TPSA) is 35.2 Å². The van der Waals surface area contributed by atoms with Crippen LogP contribution in [0.3, 0.4) is 0 Å². The molecule has 0 aromatic carbocycles. The molecule has 0 aliphatic rings. The van der Waals surface area contributed by atoms with Crippen LogP contribution < -0.4 is 5.73 Å². The zero-order valence-corrected chi connectivity index (χ0v) is 9.95. The highest BCUT2D eigenvalue weighted by molar-refractivity contribution is 7.99. The number of ether oxygens (including phenoxy) is 1. The van der Waals surface area contributed by atoms with Crippen LogP contribution in [-0.4, -0.2) is 31.8 Å². The molecule has 0 aliphatic carbocycles. The van der Waals surface area contributed by atoms with Gasteiger partial charge in [-0.2, -0.15) is 11.8 Å². The van der Waals surface area contributed by atoms with Crippen LogP contribution in [0.25, 0.3) is 0 Å². The molecule has 0 rings (SSSR count). The molecule has 0 radical (unpaired) electrons. The standard InChI is InChI=1S/C10H23NOS/c1-10(2,9-11)5-8-13-7-4-6-12-3/h4-9,11H2,1-3H3. The quantitative estimate of drug-likeness (QED) is 0.617. The van der Waals surface area contributed by atoms with Crippen LogP contribution in [0.15, 0.2) is 0 Å². The molecule has 0 bridgehead atoms. The molecule has 0 amide bonds. The summed E-state index contributed by atoms with van der Waals surface area (Å²) in [5.74, 6) is 2.42. The van der Waals surface area contributed by atoms with Crippen molar-refractivity contribution in [2.45, 2.75) is 26.7 Å². The summed E-state index contributed by atoms with van der Waals surface area (Å²) < 4.78 is 4.98. The van der Waals surface area contributed by atoms with E-state index < -0.39 is 0 Å². The Morgan fingerprint density at radius 3 is 2.54 bits per heavy atom. The fourth-order valence-electron chi connectivity index (χ4n) is 0.858. The van der Waals surface area contributed by atoms with Crippen molar-refractivity contribution in [2.24, 2.45) is 11.1 Å². The Kier molecular flexibility index (Phi) is 7.81. The van der Waals surface area contributed by atoms with Crippen molar-refractivity contribution in [2.75, 3.05) is 31.8 Å². The Hall–Kier alpha value is 0.270. The fraction of sp³-hybridized carbons (Fsp3) is 1.00. The van der Waals surface area contributed by atoms with E-state index in [0.29, 0.717) is 5.41 Å². The van der Waals surface area contributed by atoms with E-state index in [2.05, 4.69) is 13.8 Å². The summed E-state index contributed by atoms with van der Waals surface area (Å²) >= 11 is 2.00. The third-order valence-electron chi connectivity index (χ3n) is 2.11. The summed E-state index contributed by atoms with van der Waals surface area (Å²) in [6, 6.07) is 0. The predicted octanol–water partition coefficient (Wildman–Crippen LogP) is 2.13. The Labute approximate surface area is 86.6 Å². The van der Waals surface area contributed by atoms with E-state index in [1.54, 1.807) is 7.11 Å². The Balaban J connectivity index is 3.16. The largest absolute Gasteiger partial charge is 0.385 e. The van der Waals surface area contributed by atoms with Crippen molar-refractivity contribution in [3.05, 3.63) is 0 Å². The molecular weight excluding hydrogens is 182 g/mol. The maximum atomic E-state index is 5.64. The average Bonchev–Trinajstić information content (AvgIpc) is 2.11. The van der Waals surface area contributed by atoms with Gasteiger partial charge in [0.1, 0.15) is 0 Å². The van der Waals surface area contributed by atoms with Crippen LogP contribution in [0.2, 0.25) is 0 Å². The summed E-state index contributed by atoms with van der Waals surface area (Å²) in [6.45, 7) is 6.12. The summed E-state index contributed by atoms with van der Waals surface area (Å²) in [5, 5.41) is 0. The van der Waals surface area contributed by atoms with Crippen LogP contribution in [0.1, 0.15) is 26.7 Å². The molecule has 0 aliphatic heterocycles. The average molecular weight is 205 g/mol. The van der Waals surface area contributed by atoms with Gasteiger partial charge in [0, 0.05) is 13.7 Å². The number of nitrogens with two attached hydrogens (primary N) is 1. The van der Waals surface area contributed by atoms with Gasteiger partial charge in [0.15, 0.2) is 0 Å². The molecule has 2 N–H and O–H groups in total. The minimum absolute atomic E-state index is 0.314. The van der Waals surface area contributed by atoms with Crippen molar-refractivity contribution in [1.29, 1.82) is 0 Å². The first kappa shape index (κ1) is 13.3. The van der Waals surface area contributed by atoms with Gasteiger partial charge in [-0.3, -0.25) is 0 Å². The normalized spacial score (nSPS) is 12.0. The van der Waals surface area contributed by atoms with Crippen LogP contribution in [0, 0.1) is 5.41 Å². The van der Waals surface area contributed by atoms with Gasteiger partial charge in [0.2, 0.25) is 0 Å². The SMILES string of the molecule is COCCCSCCC(C)(C)CN. The molecule has 0 heterocycles. The lowest BCUT2D eigenvalue weighted by Gasteiger charge is -2.21. The van der Waals surface area contributed by atoms with E-state index in [4.69, 9.17) is 10.5 Å². The first-order chi connectivity index (χ1) is 6.12. The van der Waals surface area contributed by atoms with Gasteiger partial charge in [-0.1, -0.05) is 13.8 Å². The van der Waals surface area contributed by atoms with E-state index in [-0.39, 0.29) is 0 Å². The van der Waals surface area contributed by atoms with Gasteiger partial charge in [-0.15, -0.1) is 0 Å². The van der Waals surface area contributed by atoms with Crippen molar-refractivity contribution in [3.63, 3.8) is 0 Å². The lowest BCUT2D eigenvalue weighted by molar-refractivity contribution is 0.200. The first-order valence-electron chi connectivity index (χ1n) is 4.89. The molecule has 0 saturated heterocycles. The van der Waals surface area contributed by atoms with E-state index in [1.807, 2.05) is 11.8 Å². The lowest BCUT2D eigenvalue weighted by atomic mass is 9.91. The van der Waals surface area contributed by atoms with Crippen molar-refractivity contribution >= 4 is 11.8 Å². The highest BCUT2D eigenvalue weighted by Gasteiger charge is 2.14. The fourth-order valence-corrected chi connectivity index (χ4v) is 2.08. The number of rotatable bonds is 8. The number of methoxy groups -OCH3 is 1.